The average molecular weight is 478 g/mol. The Morgan fingerprint density at radius 2 is 1.46 bits per heavy atom. The number of nitrogens with zero attached hydrogens (tertiary/aromatic N) is 2. The second-order valence-electron chi connectivity index (χ2n) is 6.38. The van der Waals surface area contributed by atoms with Gasteiger partial charge in [0, 0.05) is 50.4 Å². The van der Waals surface area contributed by atoms with Crippen LogP contribution in [0.15, 0.2) is 70.7 Å². The summed E-state index contributed by atoms with van der Waals surface area (Å²) in [5, 5.41) is 13.1. The Hall–Kier alpha value is -1.40. The maximum absolute atomic E-state index is 10.7. The lowest BCUT2D eigenvalue weighted by molar-refractivity contribution is 0.111. The molecule has 1 heterocycles. The Morgan fingerprint density at radius 3 is 1.92 bits per heavy atom. The van der Waals surface area contributed by atoms with Crippen LogP contribution in [0.3, 0.4) is 0 Å². The molecule has 0 aliphatic rings. The number of hydrogen-bond donors (Lipinski definition) is 1. The van der Waals surface area contributed by atoms with Crippen LogP contribution in [0, 0.1) is 0 Å². The Balaban J connectivity index is 1.98. The fourth-order valence-electron chi connectivity index (χ4n) is 3.40. The third-order valence-corrected chi connectivity index (χ3v) is 5.41. The highest BCUT2D eigenvalue weighted by molar-refractivity contribution is 9.10. The fraction of sp³-hybridized carbons (Fsp3) is 0.238. The van der Waals surface area contributed by atoms with Crippen LogP contribution in [0.2, 0.25) is 0 Å². The SMILES string of the molecule is C=CCN(CC=C)C[C@H](O)Cn1c2ccc(Br)cc2c2cc(Br)ccc21. The van der Waals surface area contributed by atoms with Gasteiger partial charge in [-0.1, -0.05) is 44.0 Å². The zero-order valence-corrected chi connectivity index (χ0v) is 17.7. The quantitative estimate of drug-likeness (QED) is 0.442. The Morgan fingerprint density at radius 1 is 0.962 bits per heavy atom. The second kappa shape index (κ2) is 8.53. The molecule has 0 fully saturated rings. The zero-order chi connectivity index (χ0) is 18.7. The number of fused-ring (bicyclic) bond motifs is 3. The number of aromatic nitrogens is 1. The molecule has 0 spiro atoms. The van der Waals surface area contributed by atoms with E-state index in [4.69, 9.17) is 0 Å². The van der Waals surface area contributed by atoms with Crippen molar-refractivity contribution in [3.8, 4) is 0 Å². The van der Waals surface area contributed by atoms with E-state index in [-0.39, 0.29) is 0 Å². The van der Waals surface area contributed by atoms with E-state index < -0.39 is 6.10 Å². The summed E-state index contributed by atoms with van der Waals surface area (Å²) in [6.45, 7) is 10.2. The van der Waals surface area contributed by atoms with Gasteiger partial charge in [0.25, 0.3) is 0 Å². The van der Waals surface area contributed by atoms with Gasteiger partial charge in [0.1, 0.15) is 0 Å². The first-order valence-corrected chi connectivity index (χ1v) is 10.1. The summed E-state index contributed by atoms with van der Waals surface area (Å²) in [6.07, 6.45) is 3.22. The van der Waals surface area contributed by atoms with E-state index >= 15 is 0 Å². The van der Waals surface area contributed by atoms with Gasteiger partial charge in [-0.3, -0.25) is 4.90 Å². The highest BCUT2D eigenvalue weighted by Gasteiger charge is 2.16. The van der Waals surface area contributed by atoms with Gasteiger partial charge in [-0.15, -0.1) is 13.2 Å². The molecule has 5 heteroatoms. The summed E-state index contributed by atoms with van der Waals surface area (Å²) in [6, 6.07) is 12.6. The molecule has 26 heavy (non-hydrogen) atoms. The Labute approximate surface area is 170 Å². The van der Waals surface area contributed by atoms with Crippen LogP contribution in [-0.2, 0) is 6.54 Å². The van der Waals surface area contributed by atoms with Crippen molar-refractivity contribution in [1.29, 1.82) is 0 Å². The molecule has 1 aromatic heterocycles. The molecule has 3 aromatic rings. The Bertz CT molecular complexity index is 879. The molecule has 2 aromatic carbocycles. The van der Waals surface area contributed by atoms with Crippen LogP contribution in [0.4, 0.5) is 0 Å². The third kappa shape index (κ3) is 4.12. The zero-order valence-electron chi connectivity index (χ0n) is 14.5. The first-order valence-electron chi connectivity index (χ1n) is 8.52. The predicted octanol–water partition coefficient (Wildman–Crippen LogP) is 5.35. The topological polar surface area (TPSA) is 28.4 Å². The van der Waals surface area contributed by atoms with Crippen molar-refractivity contribution in [3.05, 3.63) is 70.7 Å². The van der Waals surface area contributed by atoms with Gasteiger partial charge in [0.15, 0.2) is 0 Å². The van der Waals surface area contributed by atoms with Gasteiger partial charge in [0.2, 0.25) is 0 Å². The van der Waals surface area contributed by atoms with Crippen molar-refractivity contribution in [2.45, 2.75) is 12.6 Å². The molecule has 136 valence electrons. The normalized spacial score (nSPS) is 12.8. The Kier molecular flexibility index (Phi) is 6.35. The number of aliphatic hydroxyl groups is 1. The molecule has 0 bridgehead atoms. The first-order chi connectivity index (χ1) is 12.5. The van der Waals surface area contributed by atoms with E-state index in [1.807, 2.05) is 24.3 Å². The summed E-state index contributed by atoms with van der Waals surface area (Å²) >= 11 is 7.14. The lowest BCUT2D eigenvalue weighted by atomic mass is 10.2. The van der Waals surface area contributed by atoms with Crippen molar-refractivity contribution in [2.75, 3.05) is 19.6 Å². The first kappa shape index (κ1) is 19.4. The van der Waals surface area contributed by atoms with Crippen LogP contribution < -0.4 is 0 Å². The lowest BCUT2D eigenvalue weighted by Gasteiger charge is -2.23. The van der Waals surface area contributed by atoms with Gasteiger partial charge in [0.05, 0.1) is 12.6 Å². The largest absolute Gasteiger partial charge is 0.390 e. The highest BCUT2D eigenvalue weighted by Crippen LogP contribution is 2.33. The van der Waals surface area contributed by atoms with E-state index in [1.54, 1.807) is 0 Å². The van der Waals surface area contributed by atoms with Crippen molar-refractivity contribution >= 4 is 53.7 Å². The molecule has 0 aliphatic carbocycles. The van der Waals surface area contributed by atoms with E-state index in [2.05, 4.69) is 78.8 Å². The van der Waals surface area contributed by atoms with Crippen LogP contribution in [-0.4, -0.2) is 40.3 Å². The minimum absolute atomic E-state index is 0.485. The van der Waals surface area contributed by atoms with Crippen LogP contribution in [0.25, 0.3) is 21.8 Å². The van der Waals surface area contributed by atoms with Crippen LogP contribution >= 0.6 is 31.9 Å². The molecule has 0 saturated carbocycles. The summed E-state index contributed by atoms with van der Waals surface area (Å²) < 4.78 is 4.30. The molecule has 1 atom stereocenters. The maximum atomic E-state index is 10.7. The molecule has 0 radical (unpaired) electrons. The summed E-state index contributed by atoms with van der Waals surface area (Å²) in [5.41, 5.74) is 2.25. The molecule has 3 rings (SSSR count). The standard InChI is InChI=1S/C21H22Br2N2O/c1-3-9-24(10-4-2)13-17(26)14-25-20-7-5-15(22)11-18(20)19-12-16(23)6-8-21(19)25/h3-8,11-12,17,26H,1-2,9-10,13-14H2/t17-/m0/s1. The van der Waals surface area contributed by atoms with Gasteiger partial charge >= 0.3 is 0 Å². The van der Waals surface area contributed by atoms with Gasteiger partial charge in [-0.05, 0) is 36.4 Å². The maximum Gasteiger partial charge on any atom is 0.0846 e. The van der Waals surface area contributed by atoms with Crippen LogP contribution in [0.5, 0.6) is 0 Å². The van der Waals surface area contributed by atoms with Crippen molar-refractivity contribution in [1.82, 2.24) is 9.47 Å². The van der Waals surface area contributed by atoms with Gasteiger partial charge < -0.3 is 9.67 Å². The predicted molar refractivity (Wildman–Crippen MR) is 118 cm³/mol. The minimum atomic E-state index is -0.485. The monoisotopic (exact) mass is 476 g/mol. The number of rotatable bonds is 8. The number of benzene rings is 2. The third-order valence-electron chi connectivity index (χ3n) is 4.43. The van der Waals surface area contributed by atoms with E-state index in [1.165, 1.54) is 10.8 Å². The molecule has 0 amide bonds. The number of hydrogen-bond acceptors (Lipinski definition) is 2. The minimum Gasteiger partial charge on any atom is -0.390 e. The van der Waals surface area contributed by atoms with Crippen molar-refractivity contribution in [3.63, 3.8) is 0 Å². The molecular formula is C21H22Br2N2O. The summed E-state index contributed by atoms with van der Waals surface area (Å²) in [4.78, 5) is 2.13. The molecule has 3 nitrogen and oxygen atoms in total. The van der Waals surface area contributed by atoms with Crippen molar-refractivity contribution < 1.29 is 5.11 Å². The number of halogens is 2. The smallest absolute Gasteiger partial charge is 0.0846 e. The number of aliphatic hydroxyl groups excluding tert-OH is 1. The van der Waals surface area contributed by atoms with E-state index in [0.717, 1.165) is 33.1 Å². The average Bonchev–Trinajstić information content (AvgIpc) is 2.88. The molecule has 0 aliphatic heterocycles. The molecule has 0 unspecified atom stereocenters. The summed E-state index contributed by atoms with van der Waals surface area (Å²) in [7, 11) is 0. The second-order valence-corrected chi connectivity index (χ2v) is 8.21. The van der Waals surface area contributed by atoms with Crippen LogP contribution in [0.1, 0.15) is 0 Å². The highest BCUT2D eigenvalue weighted by atomic mass is 79.9. The lowest BCUT2D eigenvalue weighted by Crippen LogP contribution is -2.35. The van der Waals surface area contributed by atoms with E-state index in [0.29, 0.717) is 13.1 Å². The summed E-state index contributed by atoms with van der Waals surface area (Å²) in [5.74, 6) is 0. The van der Waals surface area contributed by atoms with Gasteiger partial charge in [-0.25, -0.2) is 0 Å². The molecular weight excluding hydrogens is 456 g/mol. The van der Waals surface area contributed by atoms with E-state index in [9.17, 15) is 5.11 Å². The van der Waals surface area contributed by atoms with Gasteiger partial charge in [-0.2, -0.15) is 0 Å². The molecule has 0 saturated heterocycles. The molecule has 1 N–H and O–H groups in total. The van der Waals surface area contributed by atoms with Crippen molar-refractivity contribution in [2.24, 2.45) is 0 Å². The fourth-order valence-corrected chi connectivity index (χ4v) is 4.12.